The zero-order valence-corrected chi connectivity index (χ0v) is 9.92. The minimum absolute atomic E-state index is 0.00615. The SMILES string of the molecule is CC(c1ccc(O)cc1O)N(C)CCC(=O)O. The van der Waals surface area contributed by atoms with Crippen molar-refractivity contribution in [2.24, 2.45) is 0 Å². The van der Waals surface area contributed by atoms with Gasteiger partial charge in [0.2, 0.25) is 0 Å². The molecule has 1 atom stereocenters. The molecule has 0 bridgehead atoms. The van der Waals surface area contributed by atoms with Crippen molar-refractivity contribution in [1.82, 2.24) is 4.90 Å². The zero-order chi connectivity index (χ0) is 13.0. The third-order valence-electron chi connectivity index (χ3n) is 2.80. The summed E-state index contributed by atoms with van der Waals surface area (Å²) in [5.41, 5.74) is 0.663. The van der Waals surface area contributed by atoms with E-state index in [2.05, 4.69) is 0 Å². The van der Waals surface area contributed by atoms with Gasteiger partial charge in [0.05, 0.1) is 6.42 Å². The molecule has 5 nitrogen and oxygen atoms in total. The lowest BCUT2D eigenvalue weighted by Crippen LogP contribution is -2.25. The third-order valence-corrected chi connectivity index (χ3v) is 2.80. The van der Waals surface area contributed by atoms with Gasteiger partial charge in [-0.05, 0) is 20.0 Å². The number of carbonyl (C=O) groups is 1. The summed E-state index contributed by atoms with van der Waals surface area (Å²) in [4.78, 5) is 12.3. The van der Waals surface area contributed by atoms with Crippen LogP contribution in [0.25, 0.3) is 0 Å². The molecule has 1 aromatic rings. The predicted octanol–water partition coefficient (Wildman–Crippen LogP) is 1.57. The normalized spacial score (nSPS) is 12.6. The van der Waals surface area contributed by atoms with Crippen molar-refractivity contribution in [2.45, 2.75) is 19.4 Å². The van der Waals surface area contributed by atoms with E-state index >= 15 is 0 Å². The van der Waals surface area contributed by atoms with Gasteiger partial charge in [-0.25, -0.2) is 0 Å². The second-order valence-corrected chi connectivity index (χ2v) is 4.04. The number of benzene rings is 1. The lowest BCUT2D eigenvalue weighted by Gasteiger charge is -2.25. The highest BCUT2D eigenvalue weighted by molar-refractivity contribution is 5.66. The van der Waals surface area contributed by atoms with Crippen LogP contribution in [-0.2, 0) is 4.79 Å². The maximum Gasteiger partial charge on any atom is 0.304 e. The molecule has 5 heteroatoms. The van der Waals surface area contributed by atoms with Crippen LogP contribution in [0.15, 0.2) is 18.2 Å². The van der Waals surface area contributed by atoms with Gasteiger partial charge in [0.1, 0.15) is 11.5 Å². The van der Waals surface area contributed by atoms with E-state index in [-0.39, 0.29) is 24.0 Å². The number of aliphatic carboxylic acids is 1. The molecule has 0 heterocycles. The lowest BCUT2D eigenvalue weighted by atomic mass is 10.1. The van der Waals surface area contributed by atoms with E-state index in [0.29, 0.717) is 12.1 Å². The molecule has 0 spiro atoms. The van der Waals surface area contributed by atoms with Crippen molar-refractivity contribution in [3.8, 4) is 11.5 Å². The number of hydrogen-bond acceptors (Lipinski definition) is 4. The Hall–Kier alpha value is -1.75. The van der Waals surface area contributed by atoms with Crippen LogP contribution in [0.2, 0.25) is 0 Å². The van der Waals surface area contributed by atoms with Gasteiger partial charge >= 0.3 is 5.97 Å². The number of rotatable bonds is 5. The van der Waals surface area contributed by atoms with Gasteiger partial charge in [-0.15, -0.1) is 0 Å². The van der Waals surface area contributed by atoms with Crippen LogP contribution in [0.4, 0.5) is 0 Å². The Bertz CT molecular complexity index is 405. The first-order chi connectivity index (χ1) is 7.91. The fourth-order valence-electron chi connectivity index (χ4n) is 1.59. The van der Waals surface area contributed by atoms with Crippen LogP contribution in [0.1, 0.15) is 24.9 Å². The largest absolute Gasteiger partial charge is 0.508 e. The second kappa shape index (κ2) is 5.54. The highest BCUT2D eigenvalue weighted by Crippen LogP contribution is 2.30. The molecule has 0 radical (unpaired) electrons. The molecule has 0 aliphatic heterocycles. The molecule has 1 unspecified atom stereocenters. The Morgan fingerprint density at radius 1 is 1.41 bits per heavy atom. The Morgan fingerprint density at radius 2 is 2.06 bits per heavy atom. The summed E-state index contributed by atoms with van der Waals surface area (Å²) in [5.74, 6) is -0.828. The summed E-state index contributed by atoms with van der Waals surface area (Å²) in [6.07, 6.45) is 0.0552. The monoisotopic (exact) mass is 239 g/mol. The van der Waals surface area contributed by atoms with Gasteiger partial charge in [0.15, 0.2) is 0 Å². The van der Waals surface area contributed by atoms with Gasteiger partial charge < -0.3 is 15.3 Å². The van der Waals surface area contributed by atoms with Crippen molar-refractivity contribution in [3.63, 3.8) is 0 Å². The molecular formula is C12H17NO4. The highest BCUT2D eigenvalue weighted by atomic mass is 16.4. The average Bonchev–Trinajstić information content (AvgIpc) is 2.25. The fraction of sp³-hybridized carbons (Fsp3) is 0.417. The van der Waals surface area contributed by atoms with Gasteiger partial charge in [-0.1, -0.05) is 6.07 Å². The molecule has 94 valence electrons. The van der Waals surface area contributed by atoms with Crippen molar-refractivity contribution in [1.29, 1.82) is 0 Å². The van der Waals surface area contributed by atoms with Crippen molar-refractivity contribution < 1.29 is 20.1 Å². The molecule has 3 N–H and O–H groups in total. The predicted molar refractivity (Wildman–Crippen MR) is 63.1 cm³/mol. The quantitative estimate of drug-likeness (QED) is 0.726. The van der Waals surface area contributed by atoms with Gasteiger partial charge in [0, 0.05) is 24.2 Å². The molecule has 0 aliphatic rings. The number of phenols is 2. The zero-order valence-electron chi connectivity index (χ0n) is 9.92. The maximum atomic E-state index is 10.5. The summed E-state index contributed by atoms with van der Waals surface area (Å²) in [5, 5.41) is 27.5. The summed E-state index contributed by atoms with van der Waals surface area (Å²) < 4.78 is 0. The van der Waals surface area contributed by atoms with Crippen LogP contribution in [-0.4, -0.2) is 39.8 Å². The summed E-state index contributed by atoms with van der Waals surface area (Å²) in [6.45, 7) is 2.27. The number of hydrogen-bond donors (Lipinski definition) is 3. The topological polar surface area (TPSA) is 81.0 Å². The average molecular weight is 239 g/mol. The van der Waals surface area contributed by atoms with Crippen LogP contribution >= 0.6 is 0 Å². The fourth-order valence-corrected chi connectivity index (χ4v) is 1.59. The number of carboxylic acids is 1. The summed E-state index contributed by atoms with van der Waals surface area (Å²) in [6, 6.07) is 4.29. The molecule has 17 heavy (non-hydrogen) atoms. The lowest BCUT2D eigenvalue weighted by molar-refractivity contribution is -0.137. The number of aromatic hydroxyl groups is 2. The smallest absolute Gasteiger partial charge is 0.304 e. The minimum atomic E-state index is -0.848. The molecule has 1 aromatic carbocycles. The van der Waals surface area contributed by atoms with Gasteiger partial charge in [-0.3, -0.25) is 9.69 Å². The first-order valence-electron chi connectivity index (χ1n) is 5.35. The van der Waals surface area contributed by atoms with Crippen molar-refractivity contribution >= 4 is 5.97 Å². The molecule has 0 aromatic heterocycles. The molecular weight excluding hydrogens is 222 g/mol. The molecule has 0 saturated heterocycles. The summed E-state index contributed by atoms with van der Waals surface area (Å²) in [7, 11) is 1.79. The third kappa shape index (κ3) is 3.64. The first kappa shape index (κ1) is 13.3. The number of phenolic OH excluding ortho intramolecular Hbond substituents is 2. The van der Waals surface area contributed by atoms with E-state index in [0.717, 1.165) is 0 Å². The first-order valence-corrected chi connectivity index (χ1v) is 5.35. The van der Waals surface area contributed by atoms with E-state index in [1.807, 2.05) is 11.8 Å². The standard InChI is InChI=1S/C12H17NO4/c1-8(13(2)6-5-12(16)17)10-4-3-9(14)7-11(10)15/h3-4,7-8,14-15H,5-6H2,1-2H3,(H,16,17). The molecule has 0 aliphatic carbocycles. The number of carboxylic acid groups (broad SMARTS) is 1. The Kier molecular flexibility index (Phi) is 4.34. The molecule has 0 fully saturated rings. The maximum absolute atomic E-state index is 10.5. The Balaban J connectivity index is 2.74. The van der Waals surface area contributed by atoms with E-state index in [1.54, 1.807) is 13.1 Å². The van der Waals surface area contributed by atoms with E-state index in [9.17, 15) is 15.0 Å². The molecule has 0 amide bonds. The van der Waals surface area contributed by atoms with Crippen molar-refractivity contribution in [2.75, 3.05) is 13.6 Å². The highest BCUT2D eigenvalue weighted by Gasteiger charge is 2.16. The van der Waals surface area contributed by atoms with Crippen LogP contribution in [0.5, 0.6) is 11.5 Å². The second-order valence-electron chi connectivity index (χ2n) is 4.04. The summed E-state index contributed by atoms with van der Waals surface area (Å²) >= 11 is 0. The van der Waals surface area contributed by atoms with Crippen LogP contribution in [0.3, 0.4) is 0 Å². The van der Waals surface area contributed by atoms with Gasteiger partial charge in [0.25, 0.3) is 0 Å². The Morgan fingerprint density at radius 3 is 2.59 bits per heavy atom. The molecule has 1 rings (SSSR count). The van der Waals surface area contributed by atoms with Crippen LogP contribution in [0, 0.1) is 0 Å². The van der Waals surface area contributed by atoms with Crippen molar-refractivity contribution in [3.05, 3.63) is 23.8 Å². The van der Waals surface area contributed by atoms with E-state index < -0.39 is 5.97 Å². The van der Waals surface area contributed by atoms with E-state index in [4.69, 9.17) is 5.11 Å². The Labute approximate surface area is 99.9 Å². The van der Waals surface area contributed by atoms with Gasteiger partial charge in [-0.2, -0.15) is 0 Å². The van der Waals surface area contributed by atoms with Crippen LogP contribution < -0.4 is 0 Å². The van der Waals surface area contributed by atoms with E-state index in [1.165, 1.54) is 12.1 Å². The number of nitrogens with zero attached hydrogens (tertiary/aromatic N) is 1. The molecule has 0 saturated carbocycles. The minimum Gasteiger partial charge on any atom is -0.508 e.